The van der Waals surface area contributed by atoms with E-state index in [4.69, 9.17) is 5.11 Å². The predicted molar refractivity (Wildman–Crippen MR) is 62.1 cm³/mol. The Hall–Kier alpha value is -0.710. The van der Waals surface area contributed by atoms with Crippen LogP contribution in [0.25, 0.3) is 0 Å². The van der Waals surface area contributed by atoms with Gasteiger partial charge in [0.1, 0.15) is 0 Å². The van der Waals surface area contributed by atoms with Crippen LogP contribution in [0, 0.1) is 0 Å². The third-order valence-electron chi connectivity index (χ3n) is 1.64. The maximum atomic E-state index is 11.2. The van der Waals surface area contributed by atoms with E-state index in [0.29, 0.717) is 12.2 Å². The zero-order chi connectivity index (χ0) is 11.8. The standard InChI is InChI=1S/C10H19NO3S/c1-7(2)11-9(12)4-5-15-8(3)6-10(13)14/h7-8H,4-6H2,1-3H3,(H,11,12)(H,13,14). The number of carboxylic acids is 1. The maximum Gasteiger partial charge on any atom is 0.304 e. The molecule has 1 atom stereocenters. The van der Waals surface area contributed by atoms with Crippen LogP contribution in [0.3, 0.4) is 0 Å². The Labute approximate surface area is 94.8 Å². The summed E-state index contributed by atoms with van der Waals surface area (Å²) < 4.78 is 0. The molecule has 0 saturated carbocycles. The molecule has 0 rings (SSSR count). The molecule has 88 valence electrons. The lowest BCUT2D eigenvalue weighted by atomic mass is 10.3. The second kappa shape index (κ2) is 7.56. The van der Waals surface area contributed by atoms with E-state index >= 15 is 0 Å². The van der Waals surface area contributed by atoms with Crippen LogP contribution in [0.15, 0.2) is 0 Å². The van der Waals surface area contributed by atoms with Crippen LogP contribution in [0.1, 0.15) is 33.6 Å². The molecule has 0 aliphatic rings. The summed E-state index contributed by atoms with van der Waals surface area (Å²) in [6, 6.07) is 0.166. The van der Waals surface area contributed by atoms with Gasteiger partial charge in [-0.15, -0.1) is 0 Å². The molecule has 0 aliphatic carbocycles. The van der Waals surface area contributed by atoms with Crippen LogP contribution in [-0.2, 0) is 9.59 Å². The lowest BCUT2D eigenvalue weighted by Crippen LogP contribution is -2.30. The lowest BCUT2D eigenvalue weighted by molar-refractivity contribution is -0.136. The number of carbonyl (C=O) groups is 2. The summed E-state index contributed by atoms with van der Waals surface area (Å²) in [5.74, 6) is -0.0887. The maximum absolute atomic E-state index is 11.2. The number of thioether (sulfide) groups is 1. The first-order valence-corrected chi connectivity index (χ1v) is 6.09. The molecule has 4 nitrogen and oxygen atoms in total. The minimum Gasteiger partial charge on any atom is -0.481 e. The van der Waals surface area contributed by atoms with Gasteiger partial charge < -0.3 is 10.4 Å². The Morgan fingerprint density at radius 2 is 1.93 bits per heavy atom. The SMILES string of the molecule is CC(C)NC(=O)CCSC(C)CC(=O)O. The molecule has 2 N–H and O–H groups in total. The fraction of sp³-hybridized carbons (Fsp3) is 0.800. The molecular weight excluding hydrogens is 214 g/mol. The minimum atomic E-state index is -0.790. The van der Waals surface area contributed by atoms with E-state index in [0.717, 1.165) is 0 Å². The Kier molecular flexibility index (Phi) is 7.21. The zero-order valence-electron chi connectivity index (χ0n) is 9.45. The number of aliphatic carboxylic acids is 1. The highest BCUT2D eigenvalue weighted by molar-refractivity contribution is 7.99. The highest BCUT2D eigenvalue weighted by Gasteiger charge is 2.09. The van der Waals surface area contributed by atoms with Gasteiger partial charge in [0.25, 0.3) is 0 Å². The first-order chi connectivity index (χ1) is 6.91. The first-order valence-electron chi connectivity index (χ1n) is 5.04. The molecule has 0 aromatic rings. The summed E-state index contributed by atoms with van der Waals surface area (Å²) in [5.41, 5.74) is 0. The highest BCUT2D eigenvalue weighted by atomic mass is 32.2. The Morgan fingerprint density at radius 3 is 2.40 bits per heavy atom. The van der Waals surface area contributed by atoms with Gasteiger partial charge in [-0.3, -0.25) is 9.59 Å². The largest absolute Gasteiger partial charge is 0.481 e. The van der Waals surface area contributed by atoms with Gasteiger partial charge in [0.05, 0.1) is 6.42 Å². The van der Waals surface area contributed by atoms with Gasteiger partial charge in [-0.25, -0.2) is 0 Å². The van der Waals surface area contributed by atoms with E-state index in [1.54, 1.807) is 0 Å². The van der Waals surface area contributed by atoms with E-state index in [2.05, 4.69) is 5.32 Å². The first kappa shape index (κ1) is 14.3. The molecule has 1 amide bonds. The highest BCUT2D eigenvalue weighted by Crippen LogP contribution is 2.14. The van der Waals surface area contributed by atoms with Crippen LogP contribution in [0.2, 0.25) is 0 Å². The molecule has 0 saturated heterocycles. The molecule has 0 fully saturated rings. The summed E-state index contributed by atoms with van der Waals surface area (Å²) in [5, 5.41) is 11.4. The van der Waals surface area contributed by atoms with Crippen LogP contribution in [0.4, 0.5) is 0 Å². The van der Waals surface area contributed by atoms with Gasteiger partial charge in [0.15, 0.2) is 0 Å². The fourth-order valence-electron chi connectivity index (χ4n) is 1.05. The van der Waals surface area contributed by atoms with Crippen LogP contribution >= 0.6 is 11.8 Å². The zero-order valence-corrected chi connectivity index (χ0v) is 10.3. The normalized spacial score (nSPS) is 12.5. The predicted octanol–water partition coefficient (Wildman–Crippen LogP) is 1.50. The molecule has 5 heteroatoms. The average molecular weight is 233 g/mol. The molecule has 0 radical (unpaired) electrons. The Morgan fingerprint density at radius 1 is 1.33 bits per heavy atom. The second-order valence-corrected chi connectivity index (χ2v) is 5.30. The van der Waals surface area contributed by atoms with Gasteiger partial charge in [0, 0.05) is 23.5 Å². The summed E-state index contributed by atoms with van der Waals surface area (Å²) >= 11 is 1.52. The van der Waals surface area contributed by atoms with Crippen molar-refractivity contribution in [2.75, 3.05) is 5.75 Å². The molecular formula is C10H19NO3S. The molecule has 0 aliphatic heterocycles. The van der Waals surface area contributed by atoms with E-state index in [-0.39, 0.29) is 23.6 Å². The average Bonchev–Trinajstić information content (AvgIpc) is 2.00. The summed E-state index contributed by atoms with van der Waals surface area (Å²) in [6.07, 6.45) is 0.600. The summed E-state index contributed by atoms with van der Waals surface area (Å²) in [4.78, 5) is 21.6. The number of rotatable bonds is 7. The second-order valence-electron chi connectivity index (χ2n) is 3.75. The van der Waals surface area contributed by atoms with Gasteiger partial charge >= 0.3 is 5.97 Å². The lowest BCUT2D eigenvalue weighted by Gasteiger charge is -2.10. The van der Waals surface area contributed by atoms with Gasteiger partial charge in [0.2, 0.25) is 5.91 Å². The van der Waals surface area contributed by atoms with Crippen LogP contribution in [-0.4, -0.2) is 34.0 Å². The number of amides is 1. The van der Waals surface area contributed by atoms with Crippen molar-refractivity contribution in [3.8, 4) is 0 Å². The van der Waals surface area contributed by atoms with E-state index in [1.807, 2.05) is 20.8 Å². The third-order valence-corrected chi connectivity index (χ3v) is 2.82. The molecule has 0 spiro atoms. The van der Waals surface area contributed by atoms with Crippen LogP contribution in [0.5, 0.6) is 0 Å². The van der Waals surface area contributed by atoms with E-state index in [1.165, 1.54) is 11.8 Å². The quantitative estimate of drug-likeness (QED) is 0.699. The molecule has 0 aromatic carbocycles. The smallest absolute Gasteiger partial charge is 0.304 e. The fourth-order valence-corrected chi connectivity index (χ4v) is 2.02. The van der Waals surface area contributed by atoms with Crippen molar-refractivity contribution in [3.63, 3.8) is 0 Å². The van der Waals surface area contributed by atoms with Gasteiger partial charge in [-0.05, 0) is 13.8 Å². The third kappa shape index (κ3) is 9.59. The molecule has 0 aromatic heterocycles. The number of carbonyl (C=O) groups excluding carboxylic acids is 1. The van der Waals surface area contributed by atoms with Crippen molar-refractivity contribution in [1.82, 2.24) is 5.32 Å². The Bertz CT molecular complexity index is 219. The van der Waals surface area contributed by atoms with Crippen molar-refractivity contribution in [2.45, 2.75) is 44.9 Å². The number of carboxylic acid groups (broad SMARTS) is 1. The van der Waals surface area contributed by atoms with Crippen molar-refractivity contribution in [3.05, 3.63) is 0 Å². The van der Waals surface area contributed by atoms with Crippen molar-refractivity contribution >= 4 is 23.6 Å². The summed E-state index contributed by atoms with van der Waals surface area (Å²) in [6.45, 7) is 5.69. The Balaban J connectivity index is 3.52. The molecule has 1 unspecified atom stereocenters. The molecule has 0 heterocycles. The van der Waals surface area contributed by atoms with Crippen LogP contribution < -0.4 is 5.32 Å². The monoisotopic (exact) mass is 233 g/mol. The van der Waals surface area contributed by atoms with Crippen molar-refractivity contribution in [1.29, 1.82) is 0 Å². The van der Waals surface area contributed by atoms with Gasteiger partial charge in [-0.2, -0.15) is 11.8 Å². The minimum absolute atomic E-state index is 0.0278. The molecule has 15 heavy (non-hydrogen) atoms. The van der Waals surface area contributed by atoms with E-state index in [9.17, 15) is 9.59 Å². The van der Waals surface area contributed by atoms with E-state index < -0.39 is 5.97 Å². The van der Waals surface area contributed by atoms with Crippen molar-refractivity contribution in [2.24, 2.45) is 0 Å². The summed E-state index contributed by atoms with van der Waals surface area (Å²) in [7, 11) is 0. The topological polar surface area (TPSA) is 66.4 Å². The number of nitrogens with one attached hydrogen (secondary N) is 1. The van der Waals surface area contributed by atoms with Gasteiger partial charge in [-0.1, -0.05) is 6.92 Å². The number of hydrogen-bond donors (Lipinski definition) is 2. The molecule has 0 bridgehead atoms. The number of hydrogen-bond acceptors (Lipinski definition) is 3. The van der Waals surface area contributed by atoms with Crippen molar-refractivity contribution < 1.29 is 14.7 Å².